The molecule has 2 amide bonds. The molecule has 2 aromatic carbocycles. The van der Waals surface area contributed by atoms with Gasteiger partial charge in [0.1, 0.15) is 0 Å². The van der Waals surface area contributed by atoms with Crippen LogP contribution in [0.3, 0.4) is 0 Å². The topological polar surface area (TPSA) is 58.6 Å². The first-order valence-corrected chi connectivity index (χ1v) is 8.92. The highest BCUT2D eigenvalue weighted by atomic mass is 79.9. The SMILES string of the molecule is COc1ccc(/C=C/C(=O)N(C)CC(=O)Nc2ccc(Br)cc2C)cc1F. The van der Waals surface area contributed by atoms with Crippen molar-refractivity contribution in [1.82, 2.24) is 4.90 Å². The lowest BCUT2D eigenvalue weighted by molar-refractivity contribution is -0.129. The van der Waals surface area contributed by atoms with E-state index in [4.69, 9.17) is 4.74 Å². The minimum atomic E-state index is -0.510. The Morgan fingerprint density at radius 1 is 1.26 bits per heavy atom. The number of aryl methyl sites for hydroxylation is 1. The predicted octanol–water partition coefficient (Wildman–Crippen LogP) is 4.02. The standard InChI is InChI=1S/C20H20BrFN2O3/c1-13-10-15(21)6-7-17(13)23-19(25)12-24(2)20(26)9-5-14-4-8-18(27-3)16(22)11-14/h4-11H,12H2,1-3H3,(H,23,25)/b9-5+. The van der Waals surface area contributed by atoms with Crippen molar-refractivity contribution in [2.75, 3.05) is 26.0 Å². The average Bonchev–Trinajstić information content (AvgIpc) is 2.62. The Hall–Kier alpha value is -2.67. The number of amides is 2. The van der Waals surface area contributed by atoms with E-state index in [0.717, 1.165) is 10.0 Å². The van der Waals surface area contributed by atoms with E-state index in [1.807, 2.05) is 19.1 Å². The van der Waals surface area contributed by atoms with E-state index in [1.54, 1.807) is 12.1 Å². The van der Waals surface area contributed by atoms with Crippen LogP contribution in [0.2, 0.25) is 0 Å². The molecule has 142 valence electrons. The van der Waals surface area contributed by atoms with Crippen molar-refractivity contribution < 1.29 is 18.7 Å². The van der Waals surface area contributed by atoms with E-state index in [9.17, 15) is 14.0 Å². The molecule has 0 atom stereocenters. The lowest BCUT2D eigenvalue weighted by atomic mass is 10.2. The van der Waals surface area contributed by atoms with E-state index in [1.165, 1.54) is 43.3 Å². The van der Waals surface area contributed by atoms with E-state index < -0.39 is 5.82 Å². The van der Waals surface area contributed by atoms with Gasteiger partial charge < -0.3 is 15.0 Å². The molecular formula is C20H20BrFN2O3. The molecule has 0 bridgehead atoms. The fourth-order valence-electron chi connectivity index (χ4n) is 2.33. The van der Waals surface area contributed by atoms with E-state index in [-0.39, 0.29) is 24.1 Å². The summed E-state index contributed by atoms with van der Waals surface area (Å²) in [5.41, 5.74) is 2.12. The second kappa shape index (κ2) is 9.32. The molecule has 5 nitrogen and oxygen atoms in total. The van der Waals surface area contributed by atoms with Crippen LogP contribution >= 0.6 is 15.9 Å². The van der Waals surface area contributed by atoms with Crippen LogP contribution < -0.4 is 10.1 Å². The summed E-state index contributed by atoms with van der Waals surface area (Å²) in [5.74, 6) is -1.05. The summed E-state index contributed by atoms with van der Waals surface area (Å²) in [6, 6.07) is 9.89. The van der Waals surface area contributed by atoms with Crippen LogP contribution in [0.5, 0.6) is 5.75 Å². The second-order valence-electron chi connectivity index (χ2n) is 5.93. The number of nitrogens with zero attached hydrogens (tertiary/aromatic N) is 1. The second-order valence-corrected chi connectivity index (χ2v) is 6.84. The van der Waals surface area contributed by atoms with Crippen LogP contribution in [0.25, 0.3) is 6.08 Å². The van der Waals surface area contributed by atoms with Crippen molar-refractivity contribution in [3.8, 4) is 5.75 Å². The number of nitrogens with one attached hydrogen (secondary N) is 1. The Kier molecular flexibility index (Phi) is 7.12. The third-order valence-electron chi connectivity index (χ3n) is 3.81. The van der Waals surface area contributed by atoms with Gasteiger partial charge in [-0.15, -0.1) is 0 Å². The number of anilines is 1. The zero-order valence-corrected chi connectivity index (χ0v) is 16.8. The molecule has 27 heavy (non-hydrogen) atoms. The van der Waals surface area contributed by atoms with Gasteiger partial charge >= 0.3 is 0 Å². The van der Waals surface area contributed by atoms with E-state index in [2.05, 4.69) is 21.2 Å². The Morgan fingerprint density at radius 3 is 2.63 bits per heavy atom. The van der Waals surface area contributed by atoms with Gasteiger partial charge in [0.25, 0.3) is 0 Å². The number of benzene rings is 2. The third kappa shape index (κ3) is 5.92. The fourth-order valence-corrected chi connectivity index (χ4v) is 2.81. The molecule has 7 heteroatoms. The van der Waals surface area contributed by atoms with Crippen molar-refractivity contribution in [2.45, 2.75) is 6.92 Å². The Morgan fingerprint density at radius 2 is 2.00 bits per heavy atom. The van der Waals surface area contributed by atoms with Gasteiger partial charge in [-0.2, -0.15) is 0 Å². The molecule has 0 aliphatic rings. The van der Waals surface area contributed by atoms with Crippen LogP contribution in [0.4, 0.5) is 10.1 Å². The van der Waals surface area contributed by atoms with Gasteiger partial charge in [-0.3, -0.25) is 9.59 Å². The van der Waals surface area contributed by atoms with Crippen molar-refractivity contribution in [1.29, 1.82) is 0 Å². The number of hydrogen-bond acceptors (Lipinski definition) is 3. The maximum absolute atomic E-state index is 13.7. The quantitative estimate of drug-likeness (QED) is 0.698. The molecule has 0 fully saturated rings. The molecule has 0 aromatic heterocycles. The summed E-state index contributed by atoms with van der Waals surface area (Å²) in [4.78, 5) is 25.6. The van der Waals surface area contributed by atoms with Gasteiger partial charge in [0, 0.05) is 23.3 Å². The molecule has 1 N–H and O–H groups in total. The first-order valence-electron chi connectivity index (χ1n) is 8.13. The van der Waals surface area contributed by atoms with Crippen molar-refractivity contribution in [3.63, 3.8) is 0 Å². The lowest BCUT2D eigenvalue weighted by Crippen LogP contribution is -2.34. The summed E-state index contributed by atoms with van der Waals surface area (Å²) in [5, 5.41) is 2.78. The Labute approximate surface area is 165 Å². The summed E-state index contributed by atoms with van der Waals surface area (Å²) in [6.45, 7) is 1.78. The monoisotopic (exact) mass is 434 g/mol. The molecule has 0 saturated carbocycles. The first kappa shape index (κ1) is 20.6. The van der Waals surface area contributed by atoms with Crippen molar-refractivity contribution in [3.05, 3.63) is 63.9 Å². The van der Waals surface area contributed by atoms with Crippen LogP contribution in [0.1, 0.15) is 11.1 Å². The van der Waals surface area contributed by atoms with E-state index in [0.29, 0.717) is 11.3 Å². The van der Waals surface area contributed by atoms with Crippen LogP contribution in [-0.2, 0) is 9.59 Å². The highest BCUT2D eigenvalue weighted by Gasteiger charge is 2.12. The summed E-state index contributed by atoms with van der Waals surface area (Å²) in [7, 11) is 2.91. The Bertz CT molecular complexity index is 884. The maximum Gasteiger partial charge on any atom is 0.246 e. The van der Waals surface area contributed by atoms with Crippen LogP contribution in [-0.4, -0.2) is 37.4 Å². The highest BCUT2D eigenvalue weighted by Crippen LogP contribution is 2.20. The van der Waals surface area contributed by atoms with Gasteiger partial charge in [-0.25, -0.2) is 4.39 Å². The number of likely N-dealkylation sites (N-methyl/N-ethyl adjacent to an activating group) is 1. The smallest absolute Gasteiger partial charge is 0.246 e. The molecule has 2 aromatic rings. The summed E-state index contributed by atoms with van der Waals surface area (Å²) < 4.78 is 19.4. The van der Waals surface area contributed by atoms with Crippen molar-refractivity contribution in [2.24, 2.45) is 0 Å². The molecule has 0 aliphatic heterocycles. The van der Waals surface area contributed by atoms with Gasteiger partial charge in [-0.05, 0) is 54.5 Å². The fraction of sp³-hybridized carbons (Fsp3) is 0.200. The molecule has 0 aliphatic carbocycles. The normalized spacial score (nSPS) is 10.7. The average molecular weight is 435 g/mol. The zero-order valence-electron chi connectivity index (χ0n) is 15.3. The minimum absolute atomic E-state index is 0.102. The van der Waals surface area contributed by atoms with Crippen molar-refractivity contribution >= 4 is 39.5 Å². The highest BCUT2D eigenvalue weighted by molar-refractivity contribution is 9.10. The number of carbonyl (C=O) groups excluding carboxylic acids is 2. The number of ether oxygens (including phenoxy) is 1. The Balaban J connectivity index is 1.94. The van der Waals surface area contributed by atoms with Gasteiger partial charge in [0.05, 0.1) is 13.7 Å². The molecule has 0 unspecified atom stereocenters. The van der Waals surface area contributed by atoms with Crippen LogP contribution in [0.15, 0.2) is 46.9 Å². The molecular weight excluding hydrogens is 415 g/mol. The van der Waals surface area contributed by atoms with Gasteiger partial charge in [0.15, 0.2) is 11.6 Å². The number of rotatable bonds is 6. The molecule has 2 rings (SSSR count). The molecule has 0 radical (unpaired) electrons. The number of hydrogen-bond donors (Lipinski definition) is 1. The zero-order chi connectivity index (χ0) is 20.0. The van der Waals surface area contributed by atoms with E-state index >= 15 is 0 Å². The third-order valence-corrected chi connectivity index (χ3v) is 4.31. The van der Waals surface area contributed by atoms with Crippen LogP contribution in [0, 0.1) is 12.7 Å². The minimum Gasteiger partial charge on any atom is -0.494 e. The molecule has 0 saturated heterocycles. The number of carbonyl (C=O) groups is 2. The van der Waals surface area contributed by atoms with Gasteiger partial charge in [0.2, 0.25) is 11.8 Å². The largest absolute Gasteiger partial charge is 0.494 e. The van der Waals surface area contributed by atoms with Gasteiger partial charge in [-0.1, -0.05) is 22.0 Å². The summed E-state index contributed by atoms with van der Waals surface area (Å²) >= 11 is 3.37. The summed E-state index contributed by atoms with van der Waals surface area (Å²) in [6.07, 6.45) is 2.78. The molecule has 0 spiro atoms. The predicted molar refractivity (Wildman–Crippen MR) is 107 cm³/mol. The molecule has 0 heterocycles. The number of methoxy groups -OCH3 is 1. The first-order chi connectivity index (χ1) is 12.8. The maximum atomic E-state index is 13.7. The number of halogens is 2. The lowest BCUT2D eigenvalue weighted by Gasteiger charge is -2.15.